The van der Waals surface area contributed by atoms with Crippen LogP contribution in [-0.2, 0) is 0 Å². The van der Waals surface area contributed by atoms with Crippen LogP contribution in [0, 0.1) is 0 Å². The molecule has 0 aliphatic carbocycles. The van der Waals surface area contributed by atoms with E-state index in [-0.39, 0.29) is 12.3 Å². The summed E-state index contributed by atoms with van der Waals surface area (Å²) in [6, 6.07) is 25.1. The molecule has 3 aromatic carbocycles. The van der Waals surface area contributed by atoms with Crippen LogP contribution < -0.4 is 9.47 Å². The van der Waals surface area contributed by atoms with Gasteiger partial charge in [0.2, 0.25) is 6.23 Å². The van der Waals surface area contributed by atoms with E-state index in [9.17, 15) is 0 Å². The van der Waals surface area contributed by atoms with Crippen molar-refractivity contribution >= 4 is 17.5 Å². The van der Waals surface area contributed by atoms with E-state index >= 15 is 0 Å². The first-order chi connectivity index (χ1) is 14.3. The van der Waals surface area contributed by atoms with Crippen LogP contribution in [0.3, 0.4) is 0 Å². The molecule has 3 aromatic rings. The lowest BCUT2D eigenvalue weighted by atomic mass is 9.96. The number of methoxy groups -OCH3 is 1. The van der Waals surface area contributed by atoms with Crippen molar-refractivity contribution in [2.24, 2.45) is 5.10 Å². The number of thioether (sulfide) groups is 1. The number of hydrogen-bond acceptors (Lipinski definition) is 5. The van der Waals surface area contributed by atoms with E-state index in [1.54, 1.807) is 18.9 Å². The fourth-order valence-corrected chi connectivity index (χ4v) is 4.41. The molecule has 2 atom stereocenters. The van der Waals surface area contributed by atoms with Crippen LogP contribution in [-0.4, -0.2) is 24.1 Å². The summed E-state index contributed by atoms with van der Waals surface area (Å²) in [6.07, 6.45) is 2.69. The smallest absolute Gasteiger partial charge is 0.213 e. The number of para-hydroxylation sites is 1. The Morgan fingerprint density at radius 3 is 2.66 bits per heavy atom. The van der Waals surface area contributed by atoms with E-state index < -0.39 is 0 Å². The lowest BCUT2D eigenvalue weighted by Gasteiger charge is -2.38. The van der Waals surface area contributed by atoms with Crippen LogP contribution in [0.15, 0.2) is 82.8 Å². The molecule has 0 fully saturated rings. The van der Waals surface area contributed by atoms with E-state index in [0.717, 1.165) is 34.8 Å². The van der Waals surface area contributed by atoms with Crippen molar-refractivity contribution in [3.63, 3.8) is 0 Å². The van der Waals surface area contributed by atoms with Gasteiger partial charge in [-0.1, -0.05) is 42.5 Å². The average Bonchev–Trinajstić information content (AvgIpc) is 3.24. The summed E-state index contributed by atoms with van der Waals surface area (Å²) < 4.78 is 11.8. The van der Waals surface area contributed by atoms with Gasteiger partial charge in [-0.3, -0.25) is 0 Å². The molecule has 0 bridgehead atoms. The maximum Gasteiger partial charge on any atom is 0.213 e. The molecule has 0 unspecified atom stereocenters. The monoisotopic (exact) mass is 402 g/mol. The third-order valence-electron chi connectivity index (χ3n) is 5.50. The van der Waals surface area contributed by atoms with Crippen molar-refractivity contribution in [1.29, 1.82) is 0 Å². The maximum atomic E-state index is 6.42. The Hall–Kier alpha value is -2.92. The number of benzene rings is 3. The fraction of sp³-hybridized carbons (Fsp3) is 0.208. The molecule has 0 saturated heterocycles. The summed E-state index contributed by atoms with van der Waals surface area (Å²) >= 11 is 1.74. The standard InChI is InChI=1S/C24H22N2O2S/c1-27-18-7-5-6-17(14-18)21-15-22-20-8-3-4-9-23(20)28-24(26(22)25-21)16-10-12-19(29-2)13-11-16/h3-14,22,24H,15H2,1-2H3/t22-,24-/m0/s1. The third-order valence-corrected chi connectivity index (χ3v) is 6.25. The van der Waals surface area contributed by atoms with Crippen LogP contribution in [0.2, 0.25) is 0 Å². The lowest BCUT2D eigenvalue weighted by molar-refractivity contribution is -0.0190. The first-order valence-electron chi connectivity index (χ1n) is 9.66. The van der Waals surface area contributed by atoms with Crippen molar-refractivity contribution < 1.29 is 9.47 Å². The number of fused-ring (bicyclic) bond motifs is 3. The molecule has 0 saturated carbocycles. The fourth-order valence-electron chi connectivity index (χ4n) is 4.00. The molecule has 4 nitrogen and oxygen atoms in total. The summed E-state index contributed by atoms with van der Waals surface area (Å²) in [5.74, 6) is 1.78. The minimum atomic E-state index is -0.242. The molecule has 0 amide bonds. The van der Waals surface area contributed by atoms with Gasteiger partial charge < -0.3 is 9.47 Å². The number of rotatable bonds is 4. The van der Waals surface area contributed by atoms with Crippen molar-refractivity contribution in [3.8, 4) is 11.5 Å². The van der Waals surface area contributed by atoms with Gasteiger partial charge in [0.05, 0.1) is 18.9 Å². The van der Waals surface area contributed by atoms with Gasteiger partial charge in [0, 0.05) is 28.0 Å². The first kappa shape index (κ1) is 18.1. The molecule has 2 heterocycles. The first-order valence-corrected chi connectivity index (χ1v) is 10.9. The molecule has 146 valence electrons. The van der Waals surface area contributed by atoms with Crippen LogP contribution in [0.25, 0.3) is 0 Å². The molecule has 0 radical (unpaired) electrons. The molecular formula is C24H22N2O2S. The van der Waals surface area contributed by atoms with Crippen molar-refractivity contribution in [3.05, 3.63) is 89.5 Å². The predicted octanol–water partition coefficient (Wildman–Crippen LogP) is 5.66. The molecular weight excluding hydrogens is 380 g/mol. The Bertz CT molecular complexity index is 1060. The van der Waals surface area contributed by atoms with Gasteiger partial charge in [-0.25, -0.2) is 5.01 Å². The third kappa shape index (κ3) is 3.25. The second kappa shape index (κ2) is 7.48. The van der Waals surface area contributed by atoms with Crippen molar-refractivity contribution in [2.75, 3.05) is 13.4 Å². The zero-order chi connectivity index (χ0) is 19.8. The second-order valence-electron chi connectivity index (χ2n) is 7.16. The normalized spacial score (nSPS) is 19.8. The molecule has 5 heteroatoms. The summed E-state index contributed by atoms with van der Waals surface area (Å²) in [5, 5.41) is 7.14. The number of ether oxygens (including phenoxy) is 2. The van der Waals surface area contributed by atoms with Crippen molar-refractivity contribution in [2.45, 2.75) is 23.6 Å². The Kier molecular flexibility index (Phi) is 4.68. The Morgan fingerprint density at radius 1 is 1.03 bits per heavy atom. The quantitative estimate of drug-likeness (QED) is 0.528. The number of hydrazone groups is 1. The van der Waals surface area contributed by atoms with E-state index in [1.165, 1.54) is 10.5 Å². The highest BCUT2D eigenvalue weighted by atomic mass is 32.2. The zero-order valence-corrected chi connectivity index (χ0v) is 17.2. The molecule has 5 rings (SSSR count). The van der Waals surface area contributed by atoms with Gasteiger partial charge in [-0.15, -0.1) is 11.8 Å². The highest BCUT2D eigenvalue weighted by Gasteiger charge is 2.40. The summed E-state index contributed by atoms with van der Waals surface area (Å²) in [6.45, 7) is 0. The van der Waals surface area contributed by atoms with E-state index in [1.807, 2.05) is 24.3 Å². The summed E-state index contributed by atoms with van der Waals surface area (Å²) in [7, 11) is 1.69. The highest BCUT2D eigenvalue weighted by molar-refractivity contribution is 7.98. The summed E-state index contributed by atoms with van der Waals surface area (Å²) in [5.41, 5.74) is 4.44. The van der Waals surface area contributed by atoms with Gasteiger partial charge in [0.25, 0.3) is 0 Å². The average molecular weight is 403 g/mol. The Balaban J connectivity index is 1.56. The maximum absolute atomic E-state index is 6.42. The van der Waals surface area contributed by atoms with Crippen LogP contribution in [0.5, 0.6) is 11.5 Å². The zero-order valence-electron chi connectivity index (χ0n) is 16.4. The van der Waals surface area contributed by atoms with Gasteiger partial charge in [0.15, 0.2) is 0 Å². The lowest BCUT2D eigenvalue weighted by Crippen LogP contribution is -2.33. The van der Waals surface area contributed by atoms with E-state index in [2.05, 4.69) is 59.8 Å². The minimum Gasteiger partial charge on any atom is -0.497 e. The van der Waals surface area contributed by atoms with E-state index in [4.69, 9.17) is 14.6 Å². The number of hydrogen-bond donors (Lipinski definition) is 0. The van der Waals surface area contributed by atoms with E-state index in [0.29, 0.717) is 0 Å². The Labute approximate surface area is 175 Å². The summed E-state index contributed by atoms with van der Waals surface area (Å²) in [4.78, 5) is 1.24. The van der Waals surface area contributed by atoms with Crippen LogP contribution in [0.1, 0.15) is 35.4 Å². The van der Waals surface area contributed by atoms with Gasteiger partial charge >= 0.3 is 0 Å². The van der Waals surface area contributed by atoms with Gasteiger partial charge in [0.1, 0.15) is 11.5 Å². The molecule has 0 spiro atoms. The molecule has 0 N–H and O–H groups in total. The molecule has 2 aliphatic rings. The minimum absolute atomic E-state index is 0.159. The van der Waals surface area contributed by atoms with Crippen LogP contribution in [0.4, 0.5) is 0 Å². The molecule has 29 heavy (non-hydrogen) atoms. The van der Waals surface area contributed by atoms with Crippen molar-refractivity contribution in [1.82, 2.24) is 5.01 Å². The second-order valence-corrected chi connectivity index (χ2v) is 8.04. The van der Waals surface area contributed by atoms with Crippen LogP contribution >= 0.6 is 11.8 Å². The van der Waals surface area contributed by atoms with Gasteiger partial charge in [-0.05, 0) is 36.6 Å². The molecule has 0 aromatic heterocycles. The SMILES string of the molecule is COc1cccc(C2=NN3[C@@H](C2)c2ccccc2O[C@H]3c2ccc(SC)cc2)c1. The topological polar surface area (TPSA) is 34.1 Å². The predicted molar refractivity (Wildman–Crippen MR) is 117 cm³/mol. The van der Waals surface area contributed by atoms with Gasteiger partial charge in [-0.2, -0.15) is 5.10 Å². The highest BCUT2D eigenvalue weighted by Crippen LogP contribution is 2.47. The molecule has 2 aliphatic heterocycles. The number of nitrogens with zero attached hydrogens (tertiary/aromatic N) is 2. The Morgan fingerprint density at radius 2 is 1.86 bits per heavy atom. The largest absolute Gasteiger partial charge is 0.497 e.